The fourth-order valence-electron chi connectivity index (χ4n) is 3.63. The molecule has 0 radical (unpaired) electrons. The third-order valence-corrected chi connectivity index (χ3v) is 4.96. The Kier molecular flexibility index (Phi) is 5.91. The first kappa shape index (κ1) is 18.1. The zero-order valence-electron chi connectivity index (χ0n) is 15.5. The normalized spacial score (nSPS) is 20.6. The Hall–Kier alpha value is -1.66. The lowest BCUT2D eigenvalue weighted by Crippen LogP contribution is -2.42. The van der Waals surface area contributed by atoms with Crippen molar-refractivity contribution in [1.82, 2.24) is 20.0 Å². The Morgan fingerprint density at radius 3 is 2.88 bits per heavy atom. The summed E-state index contributed by atoms with van der Waals surface area (Å²) in [5.74, 6) is 0.672. The summed E-state index contributed by atoms with van der Waals surface area (Å²) in [5.41, 5.74) is 2.97. The average Bonchev–Trinajstić information content (AvgIpc) is 2.98. The van der Waals surface area contributed by atoms with Crippen LogP contribution in [0.2, 0.25) is 0 Å². The fraction of sp³-hybridized carbons (Fsp3) is 0.684. The minimum atomic E-state index is 0.0480. The lowest BCUT2D eigenvalue weighted by molar-refractivity contribution is 0.0297. The van der Waals surface area contributed by atoms with Gasteiger partial charge in [-0.05, 0) is 31.7 Å². The molecule has 1 atom stereocenters. The number of nitrogens with one attached hydrogen (secondary N) is 1. The largest absolute Gasteiger partial charge is 0.378 e. The van der Waals surface area contributed by atoms with Gasteiger partial charge in [0.15, 0.2) is 5.69 Å². The lowest BCUT2D eigenvalue weighted by atomic mass is 9.90. The van der Waals surface area contributed by atoms with Crippen LogP contribution in [-0.4, -0.2) is 59.5 Å². The van der Waals surface area contributed by atoms with Crippen molar-refractivity contribution in [2.24, 2.45) is 5.92 Å². The number of carbonyl (C=O) groups excluding carboxylic acids is 1. The Morgan fingerprint density at radius 2 is 2.20 bits per heavy atom. The van der Waals surface area contributed by atoms with Gasteiger partial charge in [-0.2, -0.15) is 5.10 Å². The van der Waals surface area contributed by atoms with Crippen molar-refractivity contribution >= 4 is 5.91 Å². The first-order valence-corrected chi connectivity index (χ1v) is 9.40. The molecule has 1 aliphatic carbocycles. The number of ether oxygens (including phenoxy) is 1. The molecule has 0 bridgehead atoms. The number of nitrogens with zero attached hydrogens (tertiary/aromatic N) is 3. The van der Waals surface area contributed by atoms with Crippen LogP contribution in [0.15, 0.2) is 12.7 Å². The molecule has 0 unspecified atom stereocenters. The smallest absolute Gasteiger partial charge is 0.274 e. The molecule has 6 heteroatoms. The van der Waals surface area contributed by atoms with E-state index in [4.69, 9.17) is 4.74 Å². The highest BCUT2D eigenvalue weighted by atomic mass is 16.5. The molecule has 1 amide bonds. The molecule has 6 nitrogen and oxygen atoms in total. The molecular weight excluding hydrogens is 316 g/mol. The molecule has 1 fully saturated rings. The van der Waals surface area contributed by atoms with E-state index in [0.29, 0.717) is 50.5 Å². The van der Waals surface area contributed by atoms with Gasteiger partial charge in [-0.3, -0.25) is 9.48 Å². The van der Waals surface area contributed by atoms with E-state index in [1.165, 1.54) is 5.69 Å². The van der Waals surface area contributed by atoms with Crippen LogP contribution in [0.1, 0.15) is 42.0 Å². The molecule has 1 aromatic rings. The van der Waals surface area contributed by atoms with Gasteiger partial charge in [0.05, 0.1) is 19.8 Å². The third kappa shape index (κ3) is 4.12. The molecule has 1 saturated heterocycles. The lowest BCUT2D eigenvalue weighted by Gasteiger charge is -2.28. The summed E-state index contributed by atoms with van der Waals surface area (Å²) in [4.78, 5) is 14.9. The maximum atomic E-state index is 13.0. The molecule has 138 valence electrons. The molecule has 3 rings (SSSR count). The predicted molar refractivity (Wildman–Crippen MR) is 97.8 cm³/mol. The van der Waals surface area contributed by atoms with E-state index in [1.807, 2.05) is 15.7 Å². The van der Waals surface area contributed by atoms with Crippen molar-refractivity contribution in [2.75, 3.05) is 32.8 Å². The quantitative estimate of drug-likeness (QED) is 0.796. The molecule has 0 spiro atoms. The number of morpholine rings is 1. The van der Waals surface area contributed by atoms with Crippen molar-refractivity contribution in [3.05, 3.63) is 29.6 Å². The Morgan fingerprint density at radius 1 is 1.44 bits per heavy atom. The van der Waals surface area contributed by atoms with Gasteiger partial charge in [-0.15, -0.1) is 6.58 Å². The maximum Gasteiger partial charge on any atom is 0.274 e. The van der Waals surface area contributed by atoms with Crippen LogP contribution < -0.4 is 5.32 Å². The summed E-state index contributed by atoms with van der Waals surface area (Å²) in [6.45, 7) is 12.5. The second-order valence-electron chi connectivity index (χ2n) is 7.39. The number of allylic oxidation sites excluding steroid dienone is 1. The van der Waals surface area contributed by atoms with Gasteiger partial charge in [0.25, 0.3) is 5.91 Å². The first-order valence-electron chi connectivity index (χ1n) is 9.40. The summed E-state index contributed by atoms with van der Waals surface area (Å²) in [7, 11) is 0. The van der Waals surface area contributed by atoms with Gasteiger partial charge >= 0.3 is 0 Å². The zero-order chi connectivity index (χ0) is 17.8. The van der Waals surface area contributed by atoms with Crippen LogP contribution in [0.4, 0.5) is 0 Å². The molecule has 1 aromatic heterocycles. The summed E-state index contributed by atoms with van der Waals surface area (Å²) in [6, 6.07) is 0.424. The van der Waals surface area contributed by atoms with Crippen molar-refractivity contribution in [3.63, 3.8) is 0 Å². The summed E-state index contributed by atoms with van der Waals surface area (Å²) < 4.78 is 7.34. The molecule has 0 saturated carbocycles. The molecule has 25 heavy (non-hydrogen) atoms. The summed E-state index contributed by atoms with van der Waals surface area (Å²) >= 11 is 0. The summed E-state index contributed by atoms with van der Waals surface area (Å²) in [6.07, 6.45) is 4.78. The first-order chi connectivity index (χ1) is 12.1. The fourth-order valence-corrected chi connectivity index (χ4v) is 3.63. The highest BCUT2D eigenvalue weighted by molar-refractivity contribution is 5.94. The van der Waals surface area contributed by atoms with E-state index < -0.39 is 0 Å². The van der Waals surface area contributed by atoms with Gasteiger partial charge in [0.1, 0.15) is 0 Å². The zero-order valence-corrected chi connectivity index (χ0v) is 15.5. The van der Waals surface area contributed by atoms with E-state index in [1.54, 1.807) is 0 Å². The third-order valence-electron chi connectivity index (χ3n) is 4.96. The number of hydrogen-bond acceptors (Lipinski definition) is 4. The number of aromatic nitrogens is 2. The molecule has 0 aromatic carbocycles. The van der Waals surface area contributed by atoms with Crippen molar-refractivity contribution in [3.8, 4) is 0 Å². The number of carbonyl (C=O) groups is 1. The van der Waals surface area contributed by atoms with Crippen molar-refractivity contribution in [2.45, 2.75) is 45.7 Å². The summed E-state index contributed by atoms with van der Waals surface area (Å²) in [5, 5.41) is 8.32. The van der Waals surface area contributed by atoms with Crippen LogP contribution >= 0.6 is 0 Å². The van der Waals surface area contributed by atoms with Gasteiger partial charge < -0.3 is 15.0 Å². The van der Waals surface area contributed by atoms with Crippen LogP contribution in [0.5, 0.6) is 0 Å². The standard InChI is InChI=1S/C19H30N4O2/c1-4-7-23-17-6-5-15(20-13-14(2)3)12-16(17)18(21-23)19(24)22-8-10-25-11-9-22/h4,14-15,20H,1,5-13H2,2-3H3/t15-/m1/s1. The number of fused-ring (bicyclic) bond motifs is 1. The van der Waals surface area contributed by atoms with Gasteiger partial charge in [-0.1, -0.05) is 19.9 Å². The maximum absolute atomic E-state index is 13.0. The monoisotopic (exact) mass is 346 g/mol. The Balaban J connectivity index is 1.83. The van der Waals surface area contributed by atoms with Crippen LogP contribution in [-0.2, 0) is 24.1 Å². The van der Waals surface area contributed by atoms with Crippen LogP contribution in [0.25, 0.3) is 0 Å². The van der Waals surface area contributed by atoms with Gasteiger partial charge in [0, 0.05) is 30.4 Å². The van der Waals surface area contributed by atoms with E-state index >= 15 is 0 Å². The molecular formula is C19H30N4O2. The van der Waals surface area contributed by atoms with Crippen LogP contribution in [0, 0.1) is 5.92 Å². The van der Waals surface area contributed by atoms with E-state index in [9.17, 15) is 4.79 Å². The number of hydrogen-bond donors (Lipinski definition) is 1. The second kappa shape index (κ2) is 8.15. The minimum absolute atomic E-state index is 0.0480. The Labute approximate surface area is 150 Å². The number of amides is 1. The van der Waals surface area contributed by atoms with Crippen molar-refractivity contribution in [1.29, 1.82) is 0 Å². The topological polar surface area (TPSA) is 59.4 Å². The highest BCUT2D eigenvalue weighted by Gasteiger charge is 2.31. The van der Waals surface area contributed by atoms with Gasteiger partial charge in [0.2, 0.25) is 0 Å². The minimum Gasteiger partial charge on any atom is -0.378 e. The second-order valence-corrected chi connectivity index (χ2v) is 7.39. The Bertz CT molecular complexity index is 617. The van der Waals surface area contributed by atoms with E-state index in [2.05, 4.69) is 30.8 Å². The average molecular weight is 346 g/mol. The molecule has 1 N–H and O–H groups in total. The molecule has 2 aliphatic rings. The molecule has 1 aliphatic heterocycles. The van der Waals surface area contributed by atoms with E-state index in [-0.39, 0.29) is 5.91 Å². The molecule has 2 heterocycles. The van der Waals surface area contributed by atoms with Gasteiger partial charge in [-0.25, -0.2) is 0 Å². The predicted octanol–water partition coefficient (Wildman–Crippen LogP) is 1.64. The SMILES string of the molecule is C=CCn1nc(C(=O)N2CCOCC2)c2c1CC[C@@H](NCC(C)C)C2. The highest BCUT2D eigenvalue weighted by Crippen LogP contribution is 2.26. The van der Waals surface area contributed by atoms with E-state index in [0.717, 1.165) is 31.4 Å². The van der Waals surface area contributed by atoms with Crippen LogP contribution in [0.3, 0.4) is 0 Å². The number of rotatable bonds is 6. The van der Waals surface area contributed by atoms with Crippen molar-refractivity contribution < 1.29 is 9.53 Å².